The number of hydrogen-bond acceptors (Lipinski definition) is 3. The lowest BCUT2D eigenvalue weighted by atomic mass is 9.89. The van der Waals surface area contributed by atoms with Gasteiger partial charge in [-0.05, 0) is 26.2 Å². The van der Waals surface area contributed by atoms with E-state index in [1.54, 1.807) is 14.0 Å². The first-order valence-corrected chi connectivity index (χ1v) is 5.83. The first-order chi connectivity index (χ1) is 8.01. The highest BCUT2D eigenvalue weighted by molar-refractivity contribution is 5.74. The number of carboxylic acids is 1. The molecule has 0 aromatic rings. The van der Waals surface area contributed by atoms with Crippen molar-refractivity contribution in [3.63, 3.8) is 0 Å². The molecule has 2 amide bonds. The lowest BCUT2D eigenvalue weighted by Gasteiger charge is -2.34. The molecular weight excluding hydrogens is 224 g/mol. The Hall–Kier alpha value is -1.30. The van der Waals surface area contributed by atoms with E-state index in [4.69, 9.17) is 9.84 Å². The van der Waals surface area contributed by atoms with E-state index in [9.17, 15) is 9.59 Å². The largest absolute Gasteiger partial charge is 0.481 e. The number of carbonyl (C=O) groups excluding carboxylic acids is 1. The summed E-state index contributed by atoms with van der Waals surface area (Å²) >= 11 is 0. The van der Waals surface area contributed by atoms with Crippen LogP contribution in [-0.4, -0.2) is 42.4 Å². The molecule has 1 atom stereocenters. The molecule has 17 heavy (non-hydrogen) atoms. The van der Waals surface area contributed by atoms with Crippen molar-refractivity contribution in [1.29, 1.82) is 0 Å². The van der Waals surface area contributed by atoms with Crippen molar-refractivity contribution < 1.29 is 19.4 Å². The van der Waals surface area contributed by atoms with Crippen LogP contribution in [-0.2, 0) is 9.53 Å². The first-order valence-electron chi connectivity index (χ1n) is 5.83. The zero-order valence-electron chi connectivity index (χ0n) is 10.2. The number of urea groups is 1. The van der Waals surface area contributed by atoms with Crippen molar-refractivity contribution in [2.75, 3.05) is 7.11 Å². The lowest BCUT2D eigenvalue weighted by Crippen LogP contribution is -2.52. The molecule has 1 saturated carbocycles. The van der Waals surface area contributed by atoms with Crippen molar-refractivity contribution in [3.8, 4) is 0 Å². The second-order valence-electron chi connectivity index (χ2n) is 4.48. The van der Waals surface area contributed by atoms with Crippen LogP contribution < -0.4 is 10.6 Å². The zero-order chi connectivity index (χ0) is 12.8. The summed E-state index contributed by atoms with van der Waals surface area (Å²) in [5, 5.41) is 14.0. The van der Waals surface area contributed by atoms with Gasteiger partial charge in [-0.15, -0.1) is 0 Å². The molecule has 6 heteroatoms. The van der Waals surface area contributed by atoms with Crippen LogP contribution in [0, 0.1) is 0 Å². The minimum absolute atomic E-state index is 0.0661. The van der Waals surface area contributed by atoms with Crippen molar-refractivity contribution in [1.82, 2.24) is 10.6 Å². The predicted molar refractivity (Wildman–Crippen MR) is 61.8 cm³/mol. The van der Waals surface area contributed by atoms with Crippen LogP contribution in [0.25, 0.3) is 0 Å². The van der Waals surface area contributed by atoms with Gasteiger partial charge in [0.25, 0.3) is 0 Å². The molecule has 98 valence electrons. The molecule has 0 aliphatic heterocycles. The predicted octanol–water partition coefficient (Wildman–Crippen LogP) is 0.716. The van der Waals surface area contributed by atoms with Gasteiger partial charge >= 0.3 is 12.0 Å². The zero-order valence-corrected chi connectivity index (χ0v) is 10.2. The standard InChI is InChI=1S/C11H20N2O4/c1-7(3-4-10(14)15)12-11(16)13-8-5-9(6-8)17-2/h7-9H,3-6H2,1-2H3,(H,14,15)(H2,12,13,16). The summed E-state index contributed by atoms with van der Waals surface area (Å²) in [7, 11) is 1.66. The van der Waals surface area contributed by atoms with Crippen molar-refractivity contribution >= 4 is 12.0 Å². The van der Waals surface area contributed by atoms with Gasteiger partial charge in [-0.3, -0.25) is 4.79 Å². The average molecular weight is 244 g/mol. The molecule has 0 bridgehead atoms. The van der Waals surface area contributed by atoms with E-state index in [-0.39, 0.29) is 30.6 Å². The number of nitrogens with one attached hydrogen (secondary N) is 2. The summed E-state index contributed by atoms with van der Waals surface area (Å²) in [5.41, 5.74) is 0. The fraction of sp³-hybridized carbons (Fsp3) is 0.818. The summed E-state index contributed by atoms with van der Waals surface area (Å²) in [6.45, 7) is 1.79. The molecule has 1 aliphatic carbocycles. The van der Waals surface area contributed by atoms with Gasteiger partial charge in [-0.1, -0.05) is 0 Å². The SMILES string of the molecule is COC1CC(NC(=O)NC(C)CCC(=O)O)C1. The Kier molecular flexibility index (Phi) is 5.21. The Bertz CT molecular complexity index is 277. The van der Waals surface area contributed by atoms with Crippen LogP contribution in [0.2, 0.25) is 0 Å². The monoisotopic (exact) mass is 244 g/mol. The molecule has 0 radical (unpaired) electrons. The van der Waals surface area contributed by atoms with Crippen LogP contribution in [0.1, 0.15) is 32.6 Å². The number of ether oxygens (including phenoxy) is 1. The molecule has 3 N–H and O–H groups in total. The smallest absolute Gasteiger partial charge is 0.315 e. The normalized spacial score (nSPS) is 24.6. The molecule has 0 aromatic carbocycles. The maximum atomic E-state index is 11.5. The summed E-state index contributed by atoms with van der Waals surface area (Å²) < 4.78 is 5.11. The molecule has 0 heterocycles. The number of aliphatic carboxylic acids is 1. The Morgan fingerprint density at radius 3 is 2.65 bits per heavy atom. The molecule has 0 saturated heterocycles. The number of hydrogen-bond donors (Lipinski definition) is 3. The fourth-order valence-electron chi connectivity index (χ4n) is 1.74. The van der Waals surface area contributed by atoms with Crippen LogP contribution in [0.4, 0.5) is 4.79 Å². The minimum atomic E-state index is -0.846. The quantitative estimate of drug-likeness (QED) is 0.642. The van der Waals surface area contributed by atoms with E-state index in [0.717, 1.165) is 12.8 Å². The Morgan fingerprint density at radius 1 is 1.47 bits per heavy atom. The highest BCUT2D eigenvalue weighted by Gasteiger charge is 2.30. The summed E-state index contributed by atoms with van der Waals surface area (Å²) in [4.78, 5) is 21.8. The van der Waals surface area contributed by atoms with Gasteiger partial charge < -0.3 is 20.5 Å². The van der Waals surface area contributed by atoms with Gasteiger partial charge in [0, 0.05) is 25.6 Å². The Labute approximate surface area is 101 Å². The average Bonchev–Trinajstić information content (AvgIpc) is 2.19. The molecule has 1 aliphatic rings. The van der Waals surface area contributed by atoms with Crippen molar-refractivity contribution in [2.45, 2.75) is 50.8 Å². The Balaban J connectivity index is 2.10. The van der Waals surface area contributed by atoms with Crippen LogP contribution in [0.15, 0.2) is 0 Å². The summed E-state index contributed by atoms with van der Waals surface area (Å²) in [5.74, 6) is -0.846. The van der Waals surface area contributed by atoms with Gasteiger partial charge in [0.2, 0.25) is 0 Å². The maximum Gasteiger partial charge on any atom is 0.315 e. The molecule has 0 aromatic heterocycles. The first kappa shape index (κ1) is 13.8. The number of amides is 2. The maximum absolute atomic E-state index is 11.5. The van der Waals surface area contributed by atoms with Crippen LogP contribution >= 0.6 is 0 Å². The number of methoxy groups -OCH3 is 1. The molecule has 6 nitrogen and oxygen atoms in total. The third kappa shape index (κ3) is 5.04. The van der Waals surface area contributed by atoms with Gasteiger partial charge in [0.15, 0.2) is 0 Å². The molecular formula is C11H20N2O4. The molecule has 1 rings (SSSR count). The summed E-state index contributed by atoms with van der Waals surface area (Å²) in [6, 6.07) is -0.196. The van der Waals surface area contributed by atoms with E-state index in [1.807, 2.05) is 0 Å². The van der Waals surface area contributed by atoms with Gasteiger partial charge in [0.1, 0.15) is 0 Å². The van der Waals surface area contributed by atoms with E-state index in [0.29, 0.717) is 6.42 Å². The highest BCUT2D eigenvalue weighted by Crippen LogP contribution is 2.22. The van der Waals surface area contributed by atoms with E-state index < -0.39 is 5.97 Å². The van der Waals surface area contributed by atoms with E-state index in [1.165, 1.54) is 0 Å². The number of carboxylic acid groups (broad SMARTS) is 1. The van der Waals surface area contributed by atoms with Crippen LogP contribution in [0.5, 0.6) is 0 Å². The van der Waals surface area contributed by atoms with E-state index in [2.05, 4.69) is 10.6 Å². The number of carbonyl (C=O) groups is 2. The fourth-order valence-corrected chi connectivity index (χ4v) is 1.74. The van der Waals surface area contributed by atoms with Gasteiger partial charge in [-0.2, -0.15) is 0 Å². The topological polar surface area (TPSA) is 87.7 Å². The number of rotatable bonds is 6. The second-order valence-corrected chi connectivity index (χ2v) is 4.48. The van der Waals surface area contributed by atoms with Crippen LogP contribution in [0.3, 0.4) is 0 Å². The molecule has 1 unspecified atom stereocenters. The summed E-state index contributed by atoms with van der Waals surface area (Å²) in [6.07, 6.45) is 2.44. The second kappa shape index (κ2) is 6.44. The third-order valence-electron chi connectivity index (χ3n) is 2.93. The Morgan fingerprint density at radius 2 is 2.12 bits per heavy atom. The van der Waals surface area contributed by atoms with Crippen molar-refractivity contribution in [3.05, 3.63) is 0 Å². The lowest BCUT2D eigenvalue weighted by molar-refractivity contribution is -0.137. The van der Waals surface area contributed by atoms with Gasteiger partial charge in [-0.25, -0.2) is 4.79 Å². The highest BCUT2D eigenvalue weighted by atomic mass is 16.5. The van der Waals surface area contributed by atoms with Gasteiger partial charge in [0.05, 0.1) is 6.10 Å². The minimum Gasteiger partial charge on any atom is -0.481 e. The van der Waals surface area contributed by atoms with Crippen molar-refractivity contribution in [2.24, 2.45) is 0 Å². The third-order valence-corrected chi connectivity index (χ3v) is 2.93. The van der Waals surface area contributed by atoms with E-state index >= 15 is 0 Å². The molecule has 0 spiro atoms. The molecule has 1 fully saturated rings.